The predicted octanol–water partition coefficient (Wildman–Crippen LogP) is 17.2. The summed E-state index contributed by atoms with van der Waals surface area (Å²) >= 11 is 1.72. The standard InChI is InChI=1S/C21H23F2NO2.C21H20N2O4.C19H23NO3.C18H21NO2S/c1-21(2,3)13-5-7-17-14(11-13)19-20(26-9-8-25-19)18(24-17)12-4-6-15(22)16(23)10-12;1-13(24)27-16-4-2-3-15(12-16)19-21-20(25-9-10-26-21)17-11-14(7-8-22)5-6-18(17)23-19;1-3-12(2)13-6-7-15-14(11-13)18-19(23-10-9-22-18)17(20-15)16-5-4-8-21-16;1-18(2,3)12-4-5-14-13(8-12)16-17(21-10-20-16)15(19-14)11-6-7-22-9-11/h4-7,10-11,18-20,24H,8-9H2,1-3H3;2-6,11-12,19-21,23H,7,9-10H2,1H3;4-8,11-12,17-20H,3,9-10H2,1-2H3;4-9,15-17,19H,10H2,1-3H3. The third-order valence-electron chi connectivity index (χ3n) is 19.6. The van der Waals surface area contributed by atoms with E-state index in [9.17, 15) is 13.6 Å². The maximum atomic E-state index is 13.8. The van der Waals surface area contributed by atoms with Gasteiger partial charge in [0, 0.05) is 51.9 Å². The van der Waals surface area contributed by atoms with Gasteiger partial charge in [-0.15, -0.1) is 0 Å². The van der Waals surface area contributed by atoms with Gasteiger partial charge in [-0.2, -0.15) is 16.6 Å². The summed E-state index contributed by atoms with van der Waals surface area (Å²) in [4.78, 5) is 11.3. The maximum Gasteiger partial charge on any atom is 0.308 e. The number of benzene rings is 6. The molecule has 2 aromatic heterocycles. The lowest BCUT2D eigenvalue weighted by molar-refractivity contribution is -0.152. The zero-order chi connectivity index (χ0) is 68.4. The molecule has 4 saturated heterocycles. The number of nitrogens with one attached hydrogen (secondary N) is 4. The average molecular weight is 1350 g/mol. The smallest absolute Gasteiger partial charge is 0.308 e. The average Bonchev–Trinajstić information content (AvgIpc) is 1.75. The summed E-state index contributed by atoms with van der Waals surface area (Å²) in [5.41, 5.74) is 16.6. The summed E-state index contributed by atoms with van der Waals surface area (Å²) in [5, 5.41) is 27.5. The molecule has 0 amide bonds. The highest BCUT2D eigenvalue weighted by atomic mass is 32.1. The summed E-state index contributed by atoms with van der Waals surface area (Å²) in [5.74, 6) is -0.115. The van der Waals surface area contributed by atoms with Crippen LogP contribution < -0.4 is 26.0 Å². The molecule has 8 aromatic rings. The van der Waals surface area contributed by atoms with Crippen LogP contribution in [0.2, 0.25) is 0 Å². The first kappa shape index (κ1) is 68.5. The SMILES string of the molecule is CC(=O)Oc1cccc(C2Nc3ccc(CC#N)cc3C3OCCOC23)c1.CC(C)(C)c1ccc2c(c1)C1OCCOC1C(c1ccc(F)c(F)c1)N2.CC(C)(C)c1ccc2c(c1)C1OCOC1C(c1ccsc1)N2.CCC(C)c1ccc2c(c1)C1OCCOC1C(c1ccco1)N2. The van der Waals surface area contributed by atoms with Crippen LogP contribution in [0.5, 0.6) is 5.75 Å². The maximum absolute atomic E-state index is 13.8. The van der Waals surface area contributed by atoms with Gasteiger partial charge in [-0.25, -0.2) is 8.78 Å². The molecule has 8 aliphatic heterocycles. The minimum absolute atomic E-state index is 0.0164. The minimum atomic E-state index is -0.855. The van der Waals surface area contributed by atoms with Gasteiger partial charge >= 0.3 is 5.97 Å². The third-order valence-corrected chi connectivity index (χ3v) is 20.3. The second-order valence-corrected chi connectivity index (χ2v) is 28.9. The van der Waals surface area contributed by atoms with Crippen molar-refractivity contribution in [3.8, 4) is 11.8 Å². The Hall–Kier alpha value is -8.00. The lowest BCUT2D eigenvalue weighted by Crippen LogP contribution is -2.43. The van der Waals surface area contributed by atoms with Gasteiger partial charge in [-0.3, -0.25) is 4.79 Å². The number of fused-ring (bicyclic) bond motifs is 12. The van der Waals surface area contributed by atoms with Crippen molar-refractivity contribution in [2.45, 2.75) is 165 Å². The molecule has 514 valence electrons. The fourth-order valence-corrected chi connectivity index (χ4v) is 14.9. The predicted molar refractivity (Wildman–Crippen MR) is 373 cm³/mol. The quantitative estimate of drug-likeness (QED) is 0.0831. The van der Waals surface area contributed by atoms with Crippen LogP contribution in [0.4, 0.5) is 31.5 Å². The Balaban J connectivity index is 0.000000118. The van der Waals surface area contributed by atoms with E-state index in [1.165, 1.54) is 46.4 Å². The molecule has 13 atom stereocenters. The van der Waals surface area contributed by atoms with Crippen molar-refractivity contribution in [2.75, 3.05) is 67.7 Å². The molecule has 16 nitrogen and oxygen atoms in total. The van der Waals surface area contributed by atoms with Crippen LogP contribution in [0.15, 0.2) is 155 Å². The van der Waals surface area contributed by atoms with Gasteiger partial charge in [0.1, 0.15) is 73.2 Å². The first-order valence-electron chi connectivity index (χ1n) is 34.0. The first-order chi connectivity index (χ1) is 47.3. The molecule has 0 spiro atoms. The highest BCUT2D eigenvalue weighted by Gasteiger charge is 2.46. The number of rotatable bonds is 8. The van der Waals surface area contributed by atoms with E-state index in [1.54, 1.807) is 29.7 Å². The van der Waals surface area contributed by atoms with E-state index in [0.717, 1.165) is 63.3 Å². The van der Waals surface area contributed by atoms with Crippen molar-refractivity contribution in [1.82, 2.24) is 0 Å². The molecule has 19 heteroatoms. The van der Waals surface area contributed by atoms with Gasteiger partial charge in [0.2, 0.25) is 0 Å². The minimum Gasteiger partial charge on any atom is -0.467 e. The Morgan fingerprint density at radius 1 is 0.561 bits per heavy atom. The van der Waals surface area contributed by atoms with E-state index in [-0.39, 0.29) is 89.8 Å². The Bertz CT molecular complexity index is 4130. The molecule has 13 unspecified atom stereocenters. The molecule has 10 heterocycles. The number of esters is 1. The number of carbonyl (C=O) groups is 1. The summed E-state index contributed by atoms with van der Waals surface area (Å²) in [6, 6.07) is 45.0. The second kappa shape index (κ2) is 29.4. The van der Waals surface area contributed by atoms with Crippen LogP contribution in [-0.2, 0) is 59.9 Å². The van der Waals surface area contributed by atoms with E-state index >= 15 is 0 Å². The van der Waals surface area contributed by atoms with E-state index in [2.05, 4.69) is 148 Å². The molecule has 0 aliphatic carbocycles. The molecule has 0 radical (unpaired) electrons. The van der Waals surface area contributed by atoms with E-state index in [0.29, 0.717) is 70.1 Å². The third kappa shape index (κ3) is 14.7. The number of hydrogen-bond acceptors (Lipinski definition) is 17. The molecular formula is C79H87F2N5O11S. The van der Waals surface area contributed by atoms with Gasteiger partial charge in [-0.05, 0) is 146 Å². The van der Waals surface area contributed by atoms with Crippen molar-refractivity contribution in [2.24, 2.45) is 0 Å². The Morgan fingerprint density at radius 2 is 1.08 bits per heavy atom. The fraction of sp³-hybridized carbons (Fsp3) is 0.418. The van der Waals surface area contributed by atoms with Crippen LogP contribution in [0, 0.1) is 23.0 Å². The number of anilines is 4. The van der Waals surface area contributed by atoms with Gasteiger partial charge in [0.05, 0.1) is 76.5 Å². The Morgan fingerprint density at radius 3 is 1.62 bits per heavy atom. The van der Waals surface area contributed by atoms with Gasteiger partial charge in [-0.1, -0.05) is 116 Å². The normalized spacial score (nSPS) is 25.7. The summed E-state index contributed by atoms with van der Waals surface area (Å²) < 4.78 is 86.1. The number of ether oxygens (including phenoxy) is 9. The van der Waals surface area contributed by atoms with Crippen molar-refractivity contribution in [3.05, 3.63) is 229 Å². The monoisotopic (exact) mass is 1350 g/mol. The molecule has 6 aromatic carbocycles. The zero-order valence-electron chi connectivity index (χ0n) is 56.9. The topological polar surface area (TPSA) is 185 Å². The van der Waals surface area contributed by atoms with Gasteiger partial charge in [0.15, 0.2) is 11.6 Å². The molecule has 4 fully saturated rings. The lowest BCUT2D eigenvalue weighted by atomic mass is 9.82. The number of nitriles is 1. The number of nitrogens with zero attached hydrogens (tertiary/aromatic N) is 1. The number of carbonyl (C=O) groups excluding carboxylic acids is 1. The molecule has 0 saturated carbocycles. The van der Waals surface area contributed by atoms with E-state index in [1.807, 2.05) is 54.6 Å². The largest absolute Gasteiger partial charge is 0.467 e. The summed E-state index contributed by atoms with van der Waals surface area (Å²) in [7, 11) is 0. The van der Waals surface area contributed by atoms with E-state index < -0.39 is 11.6 Å². The summed E-state index contributed by atoms with van der Waals surface area (Å²) in [6.45, 7) is 22.8. The molecule has 98 heavy (non-hydrogen) atoms. The van der Waals surface area contributed by atoms with Crippen LogP contribution in [0.1, 0.15) is 190 Å². The number of thiophene rings is 1. The van der Waals surface area contributed by atoms with Crippen molar-refractivity contribution in [1.29, 1.82) is 5.26 Å². The van der Waals surface area contributed by atoms with E-state index in [4.69, 9.17) is 52.3 Å². The summed E-state index contributed by atoms with van der Waals surface area (Å²) in [6.07, 6.45) is 2.20. The number of furan rings is 1. The molecule has 0 bridgehead atoms. The fourth-order valence-electron chi connectivity index (χ4n) is 14.2. The Labute approximate surface area is 576 Å². The zero-order valence-corrected chi connectivity index (χ0v) is 57.7. The van der Waals surface area contributed by atoms with Crippen LogP contribution in [0.25, 0.3) is 0 Å². The number of hydrogen-bond donors (Lipinski definition) is 4. The highest BCUT2D eigenvalue weighted by Crippen LogP contribution is 2.50. The molecular weight excluding hydrogens is 1260 g/mol. The number of halogens is 2. The molecule has 16 rings (SSSR count). The lowest BCUT2D eigenvalue weighted by Gasteiger charge is -2.43. The van der Waals surface area contributed by atoms with Crippen molar-refractivity contribution >= 4 is 40.1 Å². The molecule has 8 aliphatic rings. The first-order valence-corrected chi connectivity index (χ1v) is 35.0. The van der Waals surface area contributed by atoms with Crippen molar-refractivity contribution in [3.63, 3.8) is 0 Å². The Kier molecular flexibility index (Phi) is 20.6. The molecule has 4 N–H and O–H groups in total. The van der Waals surface area contributed by atoms with Crippen LogP contribution in [0.3, 0.4) is 0 Å². The van der Waals surface area contributed by atoms with Gasteiger partial charge < -0.3 is 68.3 Å². The van der Waals surface area contributed by atoms with Crippen LogP contribution >= 0.6 is 11.3 Å². The van der Waals surface area contributed by atoms with Gasteiger partial charge in [0.25, 0.3) is 0 Å². The highest BCUT2D eigenvalue weighted by molar-refractivity contribution is 7.08. The van der Waals surface area contributed by atoms with Crippen molar-refractivity contribution < 1.29 is 60.6 Å². The van der Waals surface area contributed by atoms with Crippen LogP contribution in [-0.4, -0.2) is 76.8 Å². The second-order valence-electron chi connectivity index (χ2n) is 28.1.